The first kappa shape index (κ1) is 11.7. The standard InChI is InChI=1S/C15H23N/c1-3-6-11(2)9-15(16)14-10-12-7-4-5-8-13(12)14/h4-5,7-8,11,14-15H,3,6,9-10,16H2,1-2H3. The Labute approximate surface area is 99.0 Å². The Kier molecular flexibility index (Phi) is 3.65. The van der Waals surface area contributed by atoms with E-state index in [1.807, 2.05) is 0 Å². The van der Waals surface area contributed by atoms with E-state index in [4.69, 9.17) is 5.73 Å². The van der Waals surface area contributed by atoms with Gasteiger partial charge in [-0.25, -0.2) is 0 Å². The predicted octanol–water partition coefficient (Wildman–Crippen LogP) is 3.48. The van der Waals surface area contributed by atoms with Crippen molar-refractivity contribution in [3.05, 3.63) is 35.4 Å². The highest BCUT2D eigenvalue weighted by Crippen LogP contribution is 2.38. The molecule has 1 aliphatic carbocycles. The molecule has 3 atom stereocenters. The average molecular weight is 217 g/mol. The Morgan fingerprint density at radius 1 is 1.38 bits per heavy atom. The summed E-state index contributed by atoms with van der Waals surface area (Å²) < 4.78 is 0. The van der Waals surface area contributed by atoms with Gasteiger partial charge in [0.2, 0.25) is 0 Å². The molecule has 3 unspecified atom stereocenters. The van der Waals surface area contributed by atoms with Gasteiger partial charge < -0.3 is 5.73 Å². The molecule has 0 bridgehead atoms. The lowest BCUT2D eigenvalue weighted by Gasteiger charge is -2.35. The van der Waals surface area contributed by atoms with Gasteiger partial charge in [0, 0.05) is 12.0 Å². The zero-order valence-electron chi connectivity index (χ0n) is 10.4. The normalized spacial score (nSPS) is 22.1. The maximum atomic E-state index is 6.33. The predicted molar refractivity (Wildman–Crippen MR) is 69.6 cm³/mol. The molecule has 0 aliphatic heterocycles. The maximum absolute atomic E-state index is 6.33. The lowest BCUT2D eigenvalue weighted by atomic mass is 9.72. The van der Waals surface area contributed by atoms with E-state index in [1.165, 1.54) is 36.8 Å². The third kappa shape index (κ3) is 2.30. The molecule has 1 nitrogen and oxygen atoms in total. The van der Waals surface area contributed by atoms with Crippen LogP contribution in [-0.4, -0.2) is 6.04 Å². The molecule has 0 heterocycles. The molecule has 0 saturated heterocycles. The second-order valence-electron chi connectivity index (χ2n) is 5.30. The summed E-state index contributed by atoms with van der Waals surface area (Å²) in [6, 6.07) is 9.09. The van der Waals surface area contributed by atoms with E-state index in [9.17, 15) is 0 Å². The van der Waals surface area contributed by atoms with Crippen molar-refractivity contribution in [2.75, 3.05) is 0 Å². The van der Waals surface area contributed by atoms with E-state index < -0.39 is 0 Å². The van der Waals surface area contributed by atoms with E-state index >= 15 is 0 Å². The van der Waals surface area contributed by atoms with Crippen molar-refractivity contribution in [1.82, 2.24) is 0 Å². The van der Waals surface area contributed by atoms with Gasteiger partial charge in [-0.05, 0) is 29.9 Å². The third-order valence-electron chi connectivity index (χ3n) is 3.87. The number of hydrogen-bond acceptors (Lipinski definition) is 1. The molecule has 88 valence electrons. The van der Waals surface area contributed by atoms with E-state index in [0.29, 0.717) is 12.0 Å². The SMILES string of the molecule is CCCC(C)CC(N)C1Cc2ccccc21. The number of rotatable bonds is 5. The quantitative estimate of drug-likeness (QED) is 0.803. The summed E-state index contributed by atoms with van der Waals surface area (Å²) in [5, 5.41) is 0. The summed E-state index contributed by atoms with van der Waals surface area (Å²) in [7, 11) is 0. The fourth-order valence-electron chi connectivity index (χ4n) is 2.92. The van der Waals surface area contributed by atoms with Crippen molar-refractivity contribution in [3.63, 3.8) is 0 Å². The van der Waals surface area contributed by atoms with Gasteiger partial charge in [0.1, 0.15) is 0 Å². The van der Waals surface area contributed by atoms with Gasteiger partial charge in [0.05, 0.1) is 0 Å². The molecule has 0 saturated carbocycles. The van der Waals surface area contributed by atoms with Gasteiger partial charge >= 0.3 is 0 Å². The minimum Gasteiger partial charge on any atom is -0.327 e. The molecule has 0 radical (unpaired) electrons. The van der Waals surface area contributed by atoms with Gasteiger partial charge in [-0.15, -0.1) is 0 Å². The van der Waals surface area contributed by atoms with Crippen LogP contribution in [0.15, 0.2) is 24.3 Å². The Morgan fingerprint density at radius 2 is 2.12 bits per heavy atom. The molecular weight excluding hydrogens is 194 g/mol. The Hall–Kier alpha value is -0.820. The summed E-state index contributed by atoms with van der Waals surface area (Å²) >= 11 is 0. The highest BCUT2D eigenvalue weighted by molar-refractivity contribution is 5.41. The first-order valence-corrected chi connectivity index (χ1v) is 6.55. The Balaban J connectivity index is 1.91. The highest BCUT2D eigenvalue weighted by Gasteiger charge is 2.30. The molecular formula is C15H23N. The minimum atomic E-state index is 0.358. The van der Waals surface area contributed by atoms with E-state index in [1.54, 1.807) is 0 Å². The van der Waals surface area contributed by atoms with Crippen molar-refractivity contribution in [2.45, 2.75) is 51.5 Å². The maximum Gasteiger partial charge on any atom is 0.0114 e. The largest absolute Gasteiger partial charge is 0.327 e. The third-order valence-corrected chi connectivity index (χ3v) is 3.87. The van der Waals surface area contributed by atoms with Crippen LogP contribution < -0.4 is 5.73 Å². The van der Waals surface area contributed by atoms with Crippen molar-refractivity contribution in [1.29, 1.82) is 0 Å². The van der Waals surface area contributed by atoms with E-state index in [-0.39, 0.29) is 0 Å². The number of nitrogens with two attached hydrogens (primary N) is 1. The monoisotopic (exact) mass is 217 g/mol. The van der Waals surface area contributed by atoms with Crippen LogP contribution in [0.2, 0.25) is 0 Å². The zero-order chi connectivity index (χ0) is 11.5. The molecule has 1 aliphatic rings. The van der Waals surface area contributed by atoms with E-state index in [0.717, 1.165) is 5.92 Å². The minimum absolute atomic E-state index is 0.358. The van der Waals surface area contributed by atoms with Crippen LogP contribution in [0.4, 0.5) is 0 Å². The van der Waals surface area contributed by atoms with Crippen LogP contribution in [0.3, 0.4) is 0 Å². The lowest BCUT2D eigenvalue weighted by molar-refractivity contribution is 0.374. The molecule has 1 aromatic rings. The number of benzene rings is 1. The van der Waals surface area contributed by atoms with Crippen LogP contribution in [0.1, 0.15) is 50.2 Å². The Morgan fingerprint density at radius 3 is 2.81 bits per heavy atom. The van der Waals surface area contributed by atoms with Crippen molar-refractivity contribution in [3.8, 4) is 0 Å². The van der Waals surface area contributed by atoms with E-state index in [2.05, 4.69) is 38.1 Å². The molecule has 16 heavy (non-hydrogen) atoms. The average Bonchev–Trinajstić information content (AvgIpc) is 2.20. The second-order valence-corrected chi connectivity index (χ2v) is 5.30. The number of fused-ring (bicyclic) bond motifs is 1. The first-order chi connectivity index (χ1) is 7.72. The molecule has 1 aromatic carbocycles. The van der Waals surface area contributed by atoms with Gasteiger partial charge in [-0.1, -0.05) is 51.0 Å². The molecule has 0 aromatic heterocycles. The fourth-order valence-corrected chi connectivity index (χ4v) is 2.92. The number of hydrogen-bond donors (Lipinski definition) is 1. The smallest absolute Gasteiger partial charge is 0.0114 e. The van der Waals surface area contributed by atoms with Gasteiger partial charge in [-0.2, -0.15) is 0 Å². The van der Waals surface area contributed by atoms with Crippen molar-refractivity contribution in [2.24, 2.45) is 11.7 Å². The van der Waals surface area contributed by atoms with Crippen molar-refractivity contribution < 1.29 is 0 Å². The second kappa shape index (κ2) is 5.01. The summed E-state index contributed by atoms with van der Waals surface area (Å²) in [4.78, 5) is 0. The summed E-state index contributed by atoms with van der Waals surface area (Å²) in [5.41, 5.74) is 9.33. The first-order valence-electron chi connectivity index (χ1n) is 6.55. The molecule has 1 heteroatoms. The molecule has 0 fully saturated rings. The fraction of sp³-hybridized carbons (Fsp3) is 0.600. The van der Waals surface area contributed by atoms with Gasteiger partial charge in [0.15, 0.2) is 0 Å². The van der Waals surface area contributed by atoms with Crippen LogP contribution in [0, 0.1) is 5.92 Å². The van der Waals surface area contributed by atoms with Crippen LogP contribution >= 0.6 is 0 Å². The highest BCUT2D eigenvalue weighted by atomic mass is 14.7. The van der Waals surface area contributed by atoms with Crippen LogP contribution in [-0.2, 0) is 6.42 Å². The van der Waals surface area contributed by atoms with Crippen LogP contribution in [0.25, 0.3) is 0 Å². The van der Waals surface area contributed by atoms with Gasteiger partial charge in [-0.3, -0.25) is 0 Å². The summed E-state index contributed by atoms with van der Waals surface area (Å²) in [6.07, 6.45) is 4.94. The van der Waals surface area contributed by atoms with Gasteiger partial charge in [0.25, 0.3) is 0 Å². The summed E-state index contributed by atoms with van der Waals surface area (Å²) in [5.74, 6) is 1.39. The lowest BCUT2D eigenvalue weighted by Crippen LogP contribution is -2.36. The van der Waals surface area contributed by atoms with Crippen molar-refractivity contribution >= 4 is 0 Å². The topological polar surface area (TPSA) is 26.0 Å². The van der Waals surface area contributed by atoms with Crippen LogP contribution in [0.5, 0.6) is 0 Å². The Bertz CT molecular complexity index is 345. The zero-order valence-corrected chi connectivity index (χ0v) is 10.4. The molecule has 0 spiro atoms. The molecule has 0 amide bonds. The molecule has 2 N–H and O–H groups in total. The molecule has 2 rings (SSSR count). The summed E-state index contributed by atoms with van der Waals surface area (Å²) in [6.45, 7) is 4.58.